The van der Waals surface area contributed by atoms with Crippen LogP contribution in [0.2, 0.25) is 5.04 Å². The molecule has 0 spiro atoms. The largest absolute Gasteiger partial charge is 0.460 e. The van der Waals surface area contributed by atoms with E-state index in [9.17, 15) is 9.59 Å². The Balaban J connectivity index is 1.68. The first kappa shape index (κ1) is 27.4. The Labute approximate surface area is 222 Å². The van der Waals surface area contributed by atoms with Gasteiger partial charge < -0.3 is 13.9 Å². The number of esters is 1. The van der Waals surface area contributed by atoms with Crippen LogP contribution >= 0.6 is 0 Å². The van der Waals surface area contributed by atoms with Crippen LogP contribution in [0, 0.1) is 0 Å². The fourth-order valence-electron chi connectivity index (χ4n) is 5.84. The van der Waals surface area contributed by atoms with Gasteiger partial charge in [0.1, 0.15) is 11.7 Å². The SMILES string of the molecule is CC(C)(C)OC(=O)N1[C@@H](CO[Si](c2ccccc2)(c2ccccc2)C(C)(C)C)CC[C@@H]1[C@H]1CCC(=O)O1. The van der Waals surface area contributed by atoms with Crippen LogP contribution < -0.4 is 10.4 Å². The first-order valence-electron chi connectivity index (χ1n) is 13.4. The fraction of sp³-hybridized carbons (Fsp3) is 0.533. The predicted octanol–water partition coefficient (Wildman–Crippen LogP) is 5.04. The number of hydrogen-bond donors (Lipinski definition) is 0. The van der Waals surface area contributed by atoms with Gasteiger partial charge >= 0.3 is 12.1 Å². The Morgan fingerprint density at radius 1 is 0.919 bits per heavy atom. The van der Waals surface area contributed by atoms with E-state index in [1.54, 1.807) is 0 Å². The molecule has 0 unspecified atom stereocenters. The summed E-state index contributed by atoms with van der Waals surface area (Å²) in [4.78, 5) is 27.2. The average molecular weight is 524 g/mol. The second-order valence-electron chi connectivity index (χ2n) is 12.2. The Morgan fingerprint density at radius 2 is 1.49 bits per heavy atom. The highest BCUT2D eigenvalue weighted by molar-refractivity contribution is 6.99. The lowest BCUT2D eigenvalue weighted by atomic mass is 10.1. The molecule has 0 aliphatic carbocycles. The van der Waals surface area contributed by atoms with E-state index in [1.165, 1.54) is 10.4 Å². The van der Waals surface area contributed by atoms with E-state index in [-0.39, 0.29) is 35.3 Å². The first-order chi connectivity index (χ1) is 17.4. The lowest BCUT2D eigenvalue weighted by Crippen LogP contribution is -2.67. The summed E-state index contributed by atoms with van der Waals surface area (Å²) in [5.41, 5.74) is -0.625. The standard InChI is InChI=1S/C30H41NO5Si/c1-29(2,3)36-28(33)31-22(17-18-25(31)26-19-20-27(32)35-26)21-34-37(30(4,5)6,23-13-9-7-10-14-23)24-15-11-8-12-16-24/h7-16,22,25-26H,17-21H2,1-6H3/t22-,25-,26-/m1/s1. The zero-order valence-electron chi connectivity index (χ0n) is 23.0. The van der Waals surface area contributed by atoms with E-state index >= 15 is 0 Å². The molecule has 200 valence electrons. The van der Waals surface area contributed by atoms with Gasteiger partial charge in [0.15, 0.2) is 0 Å². The third-order valence-corrected chi connectivity index (χ3v) is 12.4. The molecule has 4 rings (SSSR count). The normalized spacial score (nSPS) is 22.7. The van der Waals surface area contributed by atoms with Crippen molar-refractivity contribution >= 4 is 30.8 Å². The zero-order chi connectivity index (χ0) is 26.8. The molecule has 1 amide bonds. The van der Waals surface area contributed by atoms with Gasteiger partial charge in [-0.2, -0.15) is 0 Å². The molecule has 37 heavy (non-hydrogen) atoms. The maximum Gasteiger partial charge on any atom is 0.410 e. The molecule has 2 aromatic carbocycles. The number of hydrogen-bond acceptors (Lipinski definition) is 5. The topological polar surface area (TPSA) is 65.1 Å². The third kappa shape index (κ3) is 5.78. The highest BCUT2D eigenvalue weighted by Gasteiger charge is 2.52. The number of rotatable bonds is 6. The summed E-state index contributed by atoms with van der Waals surface area (Å²) in [6.45, 7) is 12.8. The molecule has 0 bridgehead atoms. The van der Waals surface area contributed by atoms with Crippen molar-refractivity contribution in [2.75, 3.05) is 6.61 Å². The average Bonchev–Trinajstić information content (AvgIpc) is 3.45. The summed E-state index contributed by atoms with van der Waals surface area (Å²) in [5.74, 6) is -0.193. The van der Waals surface area contributed by atoms with Crippen LogP contribution in [-0.2, 0) is 18.7 Å². The minimum Gasteiger partial charge on any atom is -0.460 e. The van der Waals surface area contributed by atoms with E-state index in [4.69, 9.17) is 13.9 Å². The van der Waals surface area contributed by atoms with Gasteiger partial charge in [0, 0.05) is 6.42 Å². The monoisotopic (exact) mass is 523 g/mol. The molecular formula is C30H41NO5Si. The number of benzene rings is 2. The van der Waals surface area contributed by atoms with Gasteiger partial charge in [0.05, 0.1) is 18.7 Å². The van der Waals surface area contributed by atoms with Crippen LogP contribution in [0.4, 0.5) is 4.79 Å². The molecule has 2 aliphatic rings. The van der Waals surface area contributed by atoms with Crippen molar-refractivity contribution in [2.45, 2.75) is 96.1 Å². The maximum absolute atomic E-state index is 13.5. The maximum atomic E-state index is 13.5. The van der Waals surface area contributed by atoms with Crippen LogP contribution in [-0.4, -0.2) is 55.7 Å². The number of amides is 1. The van der Waals surface area contributed by atoms with Gasteiger partial charge in [-0.3, -0.25) is 9.69 Å². The summed E-state index contributed by atoms with van der Waals surface area (Å²) in [6, 6.07) is 20.7. The number of carbonyl (C=O) groups excluding carboxylic acids is 2. The summed E-state index contributed by atoms with van der Waals surface area (Å²) >= 11 is 0. The summed E-state index contributed by atoms with van der Waals surface area (Å²) in [6.07, 6.45) is 1.90. The molecule has 2 aromatic rings. The molecule has 6 nitrogen and oxygen atoms in total. The molecule has 0 radical (unpaired) electrons. The lowest BCUT2D eigenvalue weighted by Gasteiger charge is -2.44. The predicted molar refractivity (Wildman–Crippen MR) is 148 cm³/mol. The van der Waals surface area contributed by atoms with Gasteiger partial charge in [-0.15, -0.1) is 0 Å². The fourth-order valence-corrected chi connectivity index (χ4v) is 10.4. The highest BCUT2D eigenvalue weighted by Crippen LogP contribution is 2.39. The Hall–Kier alpha value is -2.64. The van der Waals surface area contributed by atoms with Crippen LogP contribution in [0.25, 0.3) is 0 Å². The van der Waals surface area contributed by atoms with E-state index in [2.05, 4.69) is 69.3 Å². The number of carbonyl (C=O) groups is 2. The van der Waals surface area contributed by atoms with Crippen molar-refractivity contribution in [1.29, 1.82) is 0 Å². The van der Waals surface area contributed by atoms with E-state index in [0.717, 1.165) is 12.8 Å². The van der Waals surface area contributed by atoms with Gasteiger partial charge in [0.25, 0.3) is 8.32 Å². The number of likely N-dealkylation sites (tertiary alicyclic amines) is 1. The molecule has 2 fully saturated rings. The third-order valence-electron chi connectivity index (χ3n) is 7.40. The van der Waals surface area contributed by atoms with Crippen molar-refractivity contribution in [3.8, 4) is 0 Å². The van der Waals surface area contributed by atoms with Crippen molar-refractivity contribution in [1.82, 2.24) is 4.90 Å². The van der Waals surface area contributed by atoms with Crippen molar-refractivity contribution in [3.63, 3.8) is 0 Å². The zero-order valence-corrected chi connectivity index (χ0v) is 24.0. The van der Waals surface area contributed by atoms with Crippen LogP contribution in [0.3, 0.4) is 0 Å². The molecule has 7 heteroatoms. The Bertz CT molecular complexity index is 1040. The molecule has 0 aromatic heterocycles. The second kappa shape index (κ2) is 10.6. The van der Waals surface area contributed by atoms with Gasteiger partial charge in [-0.05, 0) is 55.4 Å². The van der Waals surface area contributed by atoms with Crippen molar-refractivity contribution < 1.29 is 23.5 Å². The van der Waals surface area contributed by atoms with Gasteiger partial charge in [-0.1, -0.05) is 81.4 Å². The number of nitrogens with zero attached hydrogens (tertiary/aromatic N) is 1. The van der Waals surface area contributed by atoms with Gasteiger partial charge in [0.2, 0.25) is 0 Å². The lowest BCUT2D eigenvalue weighted by molar-refractivity contribution is -0.143. The van der Waals surface area contributed by atoms with E-state index in [0.29, 0.717) is 19.4 Å². The minimum atomic E-state index is -2.76. The van der Waals surface area contributed by atoms with Crippen molar-refractivity contribution in [2.24, 2.45) is 0 Å². The molecule has 0 saturated carbocycles. The van der Waals surface area contributed by atoms with E-state index in [1.807, 2.05) is 37.8 Å². The molecule has 2 saturated heterocycles. The summed E-state index contributed by atoms with van der Waals surface area (Å²) in [7, 11) is -2.76. The Morgan fingerprint density at radius 3 is 1.95 bits per heavy atom. The number of cyclic esters (lactones) is 1. The molecule has 0 N–H and O–H groups in total. The second-order valence-corrected chi connectivity index (χ2v) is 16.5. The Kier molecular flexibility index (Phi) is 7.86. The molecule has 2 heterocycles. The first-order valence-corrected chi connectivity index (χ1v) is 15.3. The molecule has 3 atom stereocenters. The van der Waals surface area contributed by atoms with Gasteiger partial charge in [-0.25, -0.2) is 4.79 Å². The number of ether oxygens (including phenoxy) is 2. The summed E-state index contributed by atoms with van der Waals surface area (Å²) in [5, 5.41) is 2.25. The van der Waals surface area contributed by atoms with Crippen LogP contribution in [0.5, 0.6) is 0 Å². The van der Waals surface area contributed by atoms with Crippen molar-refractivity contribution in [3.05, 3.63) is 60.7 Å². The van der Waals surface area contributed by atoms with Crippen LogP contribution in [0.1, 0.15) is 67.2 Å². The van der Waals surface area contributed by atoms with E-state index < -0.39 is 13.9 Å². The minimum absolute atomic E-state index is 0.161. The quantitative estimate of drug-likeness (QED) is 0.392. The molecular weight excluding hydrogens is 482 g/mol. The molecule has 2 aliphatic heterocycles. The summed E-state index contributed by atoms with van der Waals surface area (Å²) < 4.78 is 18.6. The smallest absolute Gasteiger partial charge is 0.410 e. The van der Waals surface area contributed by atoms with Crippen LogP contribution in [0.15, 0.2) is 60.7 Å². The highest BCUT2D eigenvalue weighted by atomic mass is 28.4.